The number of nitrogens with zero attached hydrogens (tertiary/aromatic N) is 2. The van der Waals surface area contributed by atoms with E-state index in [1.165, 1.54) is 24.3 Å². The number of ether oxygens (including phenoxy) is 2. The van der Waals surface area contributed by atoms with E-state index >= 15 is 0 Å². The lowest BCUT2D eigenvalue weighted by molar-refractivity contribution is -0.119. The van der Waals surface area contributed by atoms with E-state index in [1.54, 1.807) is 25.2 Å². The summed E-state index contributed by atoms with van der Waals surface area (Å²) in [4.78, 5) is 38.6. The minimum atomic E-state index is -0.693. The standard InChI is InChI=1S/C24H23N3O5S/c1-4-31-24(30)21-15(2)16(3)27(13-19-6-5-11-33-19)22(21)26-20(28)14-32-23(29)18-9-7-17(12-25)8-10-18/h5-11H,4,13-14H2,1-3H3,(H,26,28). The summed E-state index contributed by atoms with van der Waals surface area (Å²) in [5.74, 6) is -1.52. The first kappa shape index (κ1) is 23.8. The van der Waals surface area contributed by atoms with Crippen molar-refractivity contribution in [2.24, 2.45) is 0 Å². The van der Waals surface area contributed by atoms with Crippen LogP contribution in [0.5, 0.6) is 0 Å². The second kappa shape index (κ2) is 10.6. The Bertz CT molecular complexity index is 1200. The average Bonchev–Trinajstić information content (AvgIpc) is 3.40. The first-order valence-corrected chi connectivity index (χ1v) is 11.1. The van der Waals surface area contributed by atoms with Gasteiger partial charge in [0.05, 0.1) is 30.3 Å². The Morgan fingerprint density at radius 2 is 1.82 bits per heavy atom. The van der Waals surface area contributed by atoms with Gasteiger partial charge in [-0.25, -0.2) is 9.59 Å². The van der Waals surface area contributed by atoms with Crippen molar-refractivity contribution in [1.29, 1.82) is 5.26 Å². The van der Waals surface area contributed by atoms with Gasteiger partial charge in [0.25, 0.3) is 5.91 Å². The summed E-state index contributed by atoms with van der Waals surface area (Å²) in [6.45, 7) is 5.50. The molecular formula is C24H23N3O5S. The van der Waals surface area contributed by atoms with Gasteiger partial charge in [0, 0.05) is 10.6 Å². The zero-order valence-electron chi connectivity index (χ0n) is 18.5. The van der Waals surface area contributed by atoms with Gasteiger partial charge < -0.3 is 19.4 Å². The lowest BCUT2D eigenvalue weighted by atomic mass is 10.1. The average molecular weight is 466 g/mol. The number of nitriles is 1. The van der Waals surface area contributed by atoms with Gasteiger partial charge in [-0.05, 0) is 62.0 Å². The number of nitrogens with one attached hydrogen (secondary N) is 1. The van der Waals surface area contributed by atoms with Crippen molar-refractivity contribution in [2.45, 2.75) is 27.3 Å². The van der Waals surface area contributed by atoms with Crippen molar-refractivity contribution < 1.29 is 23.9 Å². The zero-order chi connectivity index (χ0) is 24.0. The van der Waals surface area contributed by atoms with Crippen molar-refractivity contribution in [1.82, 2.24) is 4.57 Å². The van der Waals surface area contributed by atoms with Crippen LogP contribution in [0.15, 0.2) is 41.8 Å². The summed E-state index contributed by atoms with van der Waals surface area (Å²) in [6, 6.07) is 11.8. The molecule has 170 valence electrons. The molecular weight excluding hydrogens is 442 g/mol. The van der Waals surface area contributed by atoms with Crippen LogP contribution >= 0.6 is 11.3 Å². The maximum atomic E-state index is 12.7. The molecule has 8 nitrogen and oxygen atoms in total. The third kappa shape index (κ3) is 5.48. The molecule has 0 aliphatic carbocycles. The van der Waals surface area contributed by atoms with Gasteiger partial charge in [-0.3, -0.25) is 4.79 Å². The van der Waals surface area contributed by atoms with Crippen LogP contribution in [0.4, 0.5) is 5.82 Å². The molecule has 0 bridgehead atoms. The summed E-state index contributed by atoms with van der Waals surface area (Å²) in [7, 11) is 0. The number of esters is 2. The van der Waals surface area contributed by atoms with E-state index in [0.29, 0.717) is 23.5 Å². The van der Waals surface area contributed by atoms with Gasteiger partial charge in [0.15, 0.2) is 6.61 Å². The summed E-state index contributed by atoms with van der Waals surface area (Å²) < 4.78 is 12.2. The van der Waals surface area contributed by atoms with Crippen LogP contribution in [0.2, 0.25) is 0 Å². The first-order chi connectivity index (χ1) is 15.8. The lowest BCUT2D eigenvalue weighted by Crippen LogP contribution is -2.24. The van der Waals surface area contributed by atoms with Gasteiger partial charge in [-0.15, -0.1) is 11.3 Å². The highest BCUT2D eigenvalue weighted by atomic mass is 32.1. The Morgan fingerprint density at radius 3 is 2.42 bits per heavy atom. The van der Waals surface area contributed by atoms with Crippen molar-refractivity contribution in [2.75, 3.05) is 18.5 Å². The lowest BCUT2D eigenvalue weighted by Gasteiger charge is -2.13. The SMILES string of the molecule is CCOC(=O)c1c(C)c(C)n(Cc2cccs2)c1NC(=O)COC(=O)c1ccc(C#N)cc1. The predicted octanol–water partition coefficient (Wildman–Crippen LogP) is 4.06. The molecule has 3 aromatic rings. The Hall–Kier alpha value is -3.90. The monoisotopic (exact) mass is 465 g/mol. The van der Waals surface area contributed by atoms with Gasteiger partial charge in [-0.1, -0.05) is 6.07 Å². The number of aromatic nitrogens is 1. The predicted molar refractivity (Wildman–Crippen MR) is 123 cm³/mol. The molecule has 0 aliphatic heterocycles. The second-order valence-corrected chi connectivity index (χ2v) is 8.17. The molecule has 3 rings (SSSR count). The Kier molecular flexibility index (Phi) is 7.64. The highest BCUT2D eigenvalue weighted by Crippen LogP contribution is 2.29. The van der Waals surface area contributed by atoms with E-state index < -0.39 is 24.5 Å². The number of rotatable bonds is 8. The third-order valence-electron chi connectivity index (χ3n) is 5.04. The molecule has 0 saturated heterocycles. The largest absolute Gasteiger partial charge is 0.462 e. The number of benzene rings is 1. The maximum Gasteiger partial charge on any atom is 0.342 e. The zero-order valence-corrected chi connectivity index (χ0v) is 19.3. The first-order valence-electron chi connectivity index (χ1n) is 10.2. The Morgan fingerprint density at radius 1 is 1.09 bits per heavy atom. The third-order valence-corrected chi connectivity index (χ3v) is 5.91. The van der Waals surface area contributed by atoms with Crippen LogP contribution in [-0.2, 0) is 20.8 Å². The van der Waals surface area contributed by atoms with Crippen molar-refractivity contribution in [3.63, 3.8) is 0 Å². The molecule has 2 heterocycles. The summed E-state index contributed by atoms with van der Waals surface area (Å²) in [5, 5.41) is 13.5. The van der Waals surface area contributed by atoms with E-state index in [1.807, 2.05) is 35.1 Å². The smallest absolute Gasteiger partial charge is 0.342 e. The van der Waals surface area contributed by atoms with Gasteiger partial charge in [0.2, 0.25) is 0 Å². The number of anilines is 1. The van der Waals surface area contributed by atoms with E-state index in [4.69, 9.17) is 14.7 Å². The fourth-order valence-corrected chi connectivity index (χ4v) is 3.96. The highest BCUT2D eigenvalue weighted by Gasteiger charge is 2.26. The molecule has 1 aromatic carbocycles. The molecule has 9 heteroatoms. The van der Waals surface area contributed by atoms with Crippen LogP contribution in [-0.4, -0.2) is 35.6 Å². The molecule has 0 spiro atoms. The second-order valence-electron chi connectivity index (χ2n) is 7.13. The van der Waals surface area contributed by atoms with Crippen LogP contribution in [0.1, 0.15) is 49.3 Å². The molecule has 0 saturated carbocycles. The van der Waals surface area contributed by atoms with Crippen LogP contribution < -0.4 is 5.32 Å². The fraction of sp³-hybridized carbons (Fsp3) is 0.250. The molecule has 0 aliphatic rings. The number of thiophene rings is 1. The molecule has 0 atom stereocenters. The van der Waals surface area contributed by atoms with Crippen molar-refractivity contribution >= 4 is 35.0 Å². The van der Waals surface area contributed by atoms with E-state index in [9.17, 15) is 14.4 Å². The molecule has 0 unspecified atom stereocenters. The number of hydrogen-bond donors (Lipinski definition) is 1. The van der Waals surface area contributed by atoms with Crippen LogP contribution in [0, 0.1) is 25.2 Å². The molecule has 1 amide bonds. The number of carbonyl (C=O) groups is 3. The van der Waals surface area contributed by atoms with E-state index in [2.05, 4.69) is 5.32 Å². The van der Waals surface area contributed by atoms with Gasteiger partial charge in [-0.2, -0.15) is 5.26 Å². The highest BCUT2D eigenvalue weighted by molar-refractivity contribution is 7.09. The Labute approximate surface area is 195 Å². The summed E-state index contributed by atoms with van der Waals surface area (Å²) in [5.41, 5.74) is 2.43. The number of amides is 1. The van der Waals surface area contributed by atoms with Crippen molar-refractivity contribution in [3.05, 3.63) is 74.6 Å². The Balaban J connectivity index is 1.80. The van der Waals surface area contributed by atoms with E-state index in [-0.39, 0.29) is 17.7 Å². The maximum absolute atomic E-state index is 12.7. The minimum Gasteiger partial charge on any atom is -0.462 e. The summed E-state index contributed by atoms with van der Waals surface area (Å²) in [6.07, 6.45) is 0. The van der Waals surface area contributed by atoms with Crippen molar-refractivity contribution in [3.8, 4) is 6.07 Å². The molecule has 2 aromatic heterocycles. The summed E-state index contributed by atoms with van der Waals surface area (Å²) >= 11 is 1.56. The topological polar surface area (TPSA) is 110 Å². The molecule has 0 radical (unpaired) electrons. The van der Waals surface area contributed by atoms with Gasteiger partial charge >= 0.3 is 11.9 Å². The number of hydrogen-bond acceptors (Lipinski definition) is 7. The van der Waals surface area contributed by atoms with Crippen LogP contribution in [0.25, 0.3) is 0 Å². The quantitative estimate of drug-likeness (QED) is 0.503. The molecule has 0 fully saturated rings. The molecule has 1 N–H and O–H groups in total. The van der Waals surface area contributed by atoms with Crippen LogP contribution in [0.3, 0.4) is 0 Å². The molecule has 33 heavy (non-hydrogen) atoms. The van der Waals surface area contributed by atoms with Gasteiger partial charge in [0.1, 0.15) is 11.4 Å². The fourth-order valence-electron chi connectivity index (χ4n) is 3.27. The normalized spacial score (nSPS) is 10.4. The minimum absolute atomic E-state index is 0.197. The number of carbonyl (C=O) groups excluding carboxylic acids is 3. The van der Waals surface area contributed by atoms with E-state index in [0.717, 1.165) is 10.6 Å².